The maximum Gasteiger partial charge on any atom is 0.243 e. The summed E-state index contributed by atoms with van der Waals surface area (Å²) in [7, 11) is -3.60. The van der Waals surface area contributed by atoms with E-state index in [1.165, 1.54) is 18.2 Å². The molecule has 2 heterocycles. The van der Waals surface area contributed by atoms with E-state index < -0.39 is 10.0 Å². The van der Waals surface area contributed by atoms with Gasteiger partial charge in [-0.25, -0.2) is 8.42 Å². The zero-order chi connectivity index (χ0) is 15.9. The Hall–Kier alpha value is -1.13. The molecular formula is C15H18ClN3O2S. The molecule has 0 aromatic heterocycles. The van der Waals surface area contributed by atoms with E-state index >= 15 is 0 Å². The van der Waals surface area contributed by atoms with Crippen LogP contribution in [0.2, 0.25) is 5.02 Å². The summed E-state index contributed by atoms with van der Waals surface area (Å²) in [6, 6.07) is 6.50. The lowest BCUT2D eigenvalue weighted by Gasteiger charge is -2.41. The van der Waals surface area contributed by atoms with Crippen LogP contribution in [-0.4, -0.2) is 49.3 Å². The summed E-state index contributed by atoms with van der Waals surface area (Å²) < 4.78 is 27.4. The molecule has 22 heavy (non-hydrogen) atoms. The number of rotatable bonds is 2. The SMILES string of the molecule is C[C@@H]1CN2CCC[C@H]2CN1S(=O)(=O)c1ccc(Cl)c(C#N)c1. The molecule has 3 rings (SSSR count). The standard InChI is InChI=1S/C15H18ClN3O2S/c1-11-9-18-6-2-3-13(18)10-19(11)22(20,21)14-4-5-15(16)12(7-14)8-17/h4-5,7,11,13H,2-3,6,9-10H2,1H3/t11-,13+/m1/s1. The van der Waals surface area contributed by atoms with Gasteiger partial charge in [-0.1, -0.05) is 11.6 Å². The first-order chi connectivity index (χ1) is 10.4. The van der Waals surface area contributed by atoms with Gasteiger partial charge in [-0.3, -0.25) is 4.90 Å². The second kappa shape index (κ2) is 5.82. The molecule has 0 N–H and O–H groups in total. The largest absolute Gasteiger partial charge is 0.297 e. The molecule has 0 bridgehead atoms. The third-order valence-corrected chi connectivity index (χ3v) is 6.85. The van der Waals surface area contributed by atoms with Crippen molar-refractivity contribution in [1.29, 1.82) is 5.26 Å². The second-order valence-corrected chi connectivity index (χ2v) is 8.27. The highest BCUT2D eigenvalue weighted by Crippen LogP contribution is 2.30. The van der Waals surface area contributed by atoms with E-state index in [0.29, 0.717) is 12.6 Å². The molecule has 5 nitrogen and oxygen atoms in total. The van der Waals surface area contributed by atoms with Gasteiger partial charge in [0.2, 0.25) is 10.0 Å². The minimum Gasteiger partial charge on any atom is -0.297 e. The fourth-order valence-electron chi connectivity index (χ4n) is 3.38. The maximum atomic E-state index is 12.9. The lowest BCUT2D eigenvalue weighted by Crippen LogP contribution is -2.56. The molecule has 2 aliphatic rings. The molecule has 0 radical (unpaired) electrons. The number of nitriles is 1. The van der Waals surface area contributed by atoms with Crippen molar-refractivity contribution in [3.8, 4) is 6.07 Å². The third-order valence-electron chi connectivity index (χ3n) is 4.54. The highest BCUT2D eigenvalue weighted by Gasteiger charge is 2.40. The predicted molar refractivity (Wildman–Crippen MR) is 84.1 cm³/mol. The molecule has 0 amide bonds. The fourth-order valence-corrected chi connectivity index (χ4v) is 5.23. The van der Waals surface area contributed by atoms with Gasteiger partial charge in [-0.15, -0.1) is 0 Å². The Morgan fingerprint density at radius 1 is 1.36 bits per heavy atom. The average molecular weight is 340 g/mol. The zero-order valence-electron chi connectivity index (χ0n) is 12.4. The van der Waals surface area contributed by atoms with Crippen LogP contribution in [0, 0.1) is 11.3 Å². The van der Waals surface area contributed by atoms with Crippen molar-refractivity contribution in [2.45, 2.75) is 36.7 Å². The molecule has 1 aromatic rings. The molecule has 118 valence electrons. The van der Waals surface area contributed by atoms with E-state index in [0.717, 1.165) is 25.9 Å². The maximum absolute atomic E-state index is 12.9. The Labute approximate surface area is 136 Å². The van der Waals surface area contributed by atoms with E-state index in [4.69, 9.17) is 16.9 Å². The van der Waals surface area contributed by atoms with Crippen LogP contribution in [0.15, 0.2) is 23.1 Å². The monoisotopic (exact) mass is 339 g/mol. The van der Waals surface area contributed by atoms with Gasteiger partial charge in [-0.05, 0) is 44.5 Å². The number of piperazine rings is 1. The summed E-state index contributed by atoms with van der Waals surface area (Å²) in [4.78, 5) is 2.52. The molecule has 2 aliphatic heterocycles. The Bertz CT molecular complexity index is 729. The van der Waals surface area contributed by atoms with Crippen LogP contribution in [0.3, 0.4) is 0 Å². The first kappa shape index (κ1) is 15.8. The van der Waals surface area contributed by atoms with Crippen LogP contribution >= 0.6 is 11.6 Å². The summed E-state index contributed by atoms with van der Waals surface area (Å²) in [5.74, 6) is 0. The Balaban J connectivity index is 1.94. The van der Waals surface area contributed by atoms with E-state index in [1.807, 2.05) is 13.0 Å². The number of hydrogen-bond acceptors (Lipinski definition) is 4. The van der Waals surface area contributed by atoms with Gasteiger partial charge in [0.25, 0.3) is 0 Å². The van der Waals surface area contributed by atoms with Crippen LogP contribution in [0.5, 0.6) is 0 Å². The van der Waals surface area contributed by atoms with Gasteiger partial charge in [0.05, 0.1) is 15.5 Å². The van der Waals surface area contributed by atoms with Crippen LogP contribution in [0.25, 0.3) is 0 Å². The van der Waals surface area contributed by atoms with Crippen molar-refractivity contribution in [2.75, 3.05) is 19.6 Å². The van der Waals surface area contributed by atoms with E-state index in [9.17, 15) is 8.42 Å². The number of benzene rings is 1. The van der Waals surface area contributed by atoms with Crippen molar-refractivity contribution in [3.63, 3.8) is 0 Å². The van der Waals surface area contributed by atoms with Crippen molar-refractivity contribution >= 4 is 21.6 Å². The number of halogens is 1. The molecule has 0 saturated carbocycles. The summed E-state index contributed by atoms with van der Waals surface area (Å²) in [5.41, 5.74) is 0.190. The number of nitrogens with zero attached hydrogens (tertiary/aromatic N) is 3. The average Bonchev–Trinajstić information content (AvgIpc) is 2.93. The van der Waals surface area contributed by atoms with Gasteiger partial charge in [0.1, 0.15) is 6.07 Å². The fraction of sp³-hybridized carbons (Fsp3) is 0.533. The minimum absolute atomic E-state index is 0.0689. The molecular weight excluding hydrogens is 322 g/mol. The van der Waals surface area contributed by atoms with Gasteiger partial charge in [0.15, 0.2) is 0 Å². The molecule has 0 unspecified atom stereocenters. The molecule has 2 atom stereocenters. The van der Waals surface area contributed by atoms with Gasteiger partial charge in [0, 0.05) is 25.2 Å². The predicted octanol–water partition coefficient (Wildman–Crippen LogP) is 2.07. The highest BCUT2D eigenvalue weighted by molar-refractivity contribution is 7.89. The first-order valence-electron chi connectivity index (χ1n) is 7.39. The van der Waals surface area contributed by atoms with Crippen LogP contribution in [-0.2, 0) is 10.0 Å². The number of fused-ring (bicyclic) bond motifs is 1. The molecule has 2 saturated heterocycles. The van der Waals surface area contributed by atoms with Crippen LogP contribution in [0.1, 0.15) is 25.3 Å². The molecule has 1 aromatic carbocycles. The van der Waals surface area contributed by atoms with Crippen molar-refractivity contribution in [3.05, 3.63) is 28.8 Å². The lowest BCUT2D eigenvalue weighted by atomic mass is 10.1. The Morgan fingerprint density at radius 3 is 2.86 bits per heavy atom. The van der Waals surface area contributed by atoms with E-state index in [-0.39, 0.29) is 21.5 Å². The minimum atomic E-state index is -3.60. The smallest absolute Gasteiger partial charge is 0.243 e. The zero-order valence-corrected chi connectivity index (χ0v) is 13.9. The Kier molecular flexibility index (Phi) is 4.17. The summed E-state index contributed by atoms with van der Waals surface area (Å²) in [6.45, 7) is 4.28. The number of sulfonamides is 1. The van der Waals surface area contributed by atoms with Crippen molar-refractivity contribution in [1.82, 2.24) is 9.21 Å². The Morgan fingerprint density at radius 2 is 2.14 bits per heavy atom. The third kappa shape index (κ3) is 2.63. The van der Waals surface area contributed by atoms with E-state index in [1.54, 1.807) is 4.31 Å². The number of hydrogen-bond donors (Lipinski definition) is 0. The van der Waals surface area contributed by atoms with E-state index in [2.05, 4.69) is 4.90 Å². The summed E-state index contributed by atoms with van der Waals surface area (Å²) in [5, 5.41) is 9.32. The first-order valence-corrected chi connectivity index (χ1v) is 9.21. The summed E-state index contributed by atoms with van der Waals surface area (Å²) >= 11 is 5.90. The van der Waals surface area contributed by atoms with Gasteiger partial charge in [-0.2, -0.15) is 9.57 Å². The van der Waals surface area contributed by atoms with Crippen LogP contribution in [0.4, 0.5) is 0 Å². The highest BCUT2D eigenvalue weighted by atomic mass is 35.5. The molecule has 0 spiro atoms. The second-order valence-electron chi connectivity index (χ2n) is 5.97. The van der Waals surface area contributed by atoms with Crippen molar-refractivity contribution < 1.29 is 8.42 Å². The van der Waals surface area contributed by atoms with Gasteiger partial charge < -0.3 is 0 Å². The molecule has 2 fully saturated rings. The normalized spacial score (nSPS) is 26.6. The molecule has 7 heteroatoms. The lowest BCUT2D eigenvalue weighted by molar-refractivity contribution is 0.117. The van der Waals surface area contributed by atoms with Crippen molar-refractivity contribution in [2.24, 2.45) is 0 Å². The van der Waals surface area contributed by atoms with Crippen LogP contribution < -0.4 is 0 Å². The quantitative estimate of drug-likeness (QED) is 0.827. The topological polar surface area (TPSA) is 64.4 Å². The van der Waals surface area contributed by atoms with Gasteiger partial charge >= 0.3 is 0 Å². The summed E-state index contributed by atoms with van der Waals surface area (Å²) in [6.07, 6.45) is 2.17. The molecule has 0 aliphatic carbocycles.